The number of carboxylic acid groups (broad SMARTS) is 2. The predicted molar refractivity (Wildman–Crippen MR) is 118 cm³/mol. The van der Waals surface area contributed by atoms with Gasteiger partial charge in [0.2, 0.25) is 11.8 Å². The van der Waals surface area contributed by atoms with Crippen LogP contribution in [0.25, 0.3) is 0 Å². The number of aliphatic carboxylic acids is 2. The fraction of sp³-hybridized carbons (Fsp3) is 0.778. The van der Waals surface area contributed by atoms with E-state index in [0.29, 0.717) is 11.7 Å². The average molecular weight is 467 g/mol. The van der Waals surface area contributed by atoms with E-state index in [0.717, 1.165) is 24.3 Å². The molecule has 0 radical (unpaired) electrons. The third-order valence-electron chi connectivity index (χ3n) is 5.02. The van der Waals surface area contributed by atoms with Crippen LogP contribution in [-0.4, -0.2) is 69.1 Å². The van der Waals surface area contributed by atoms with Gasteiger partial charge in [-0.05, 0) is 29.9 Å². The summed E-state index contributed by atoms with van der Waals surface area (Å²) in [7, 11) is 3.01. The SMILES string of the molecule is CC(=O)NC(CSCC(CSSCC(NC(C)=O)C(=O)O)C1(C)CCC1)C(=O)O. The molecule has 3 unspecified atom stereocenters. The average Bonchev–Trinajstić information content (AvgIpc) is 2.58. The van der Waals surface area contributed by atoms with Crippen molar-refractivity contribution < 1.29 is 29.4 Å². The van der Waals surface area contributed by atoms with Crippen molar-refractivity contribution >= 4 is 57.1 Å². The molecule has 2 amide bonds. The van der Waals surface area contributed by atoms with Crippen LogP contribution < -0.4 is 10.6 Å². The topological polar surface area (TPSA) is 133 Å². The van der Waals surface area contributed by atoms with Crippen LogP contribution in [0.1, 0.15) is 40.0 Å². The Labute approximate surface area is 183 Å². The number of thioether (sulfide) groups is 1. The lowest BCUT2D eigenvalue weighted by molar-refractivity contribution is -0.141. The minimum Gasteiger partial charge on any atom is -0.480 e. The van der Waals surface area contributed by atoms with Gasteiger partial charge in [0, 0.05) is 31.1 Å². The lowest BCUT2D eigenvalue weighted by Gasteiger charge is -2.45. The van der Waals surface area contributed by atoms with Crippen molar-refractivity contribution in [3.8, 4) is 0 Å². The summed E-state index contributed by atoms with van der Waals surface area (Å²) in [5.74, 6) is -0.283. The highest BCUT2D eigenvalue weighted by atomic mass is 33.1. The number of amides is 2. The van der Waals surface area contributed by atoms with Crippen molar-refractivity contribution in [2.24, 2.45) is 11.3 Å². The minimum atomic E-state index is -1.05. The molecule has 0 bridgehead atoms. The predicted octanol–water partition coefficient (Wildman–Crippen LogP) is 2.09. The van der Waals surface area contributed by atoms with Crippen LogP contribution in [0.3, 0.4) is 0 Å². The molecule has 0 aliphatic heterocycles. The summed E-state index contributed by atoms with van der Waals surface area (Å²) in [5, 5.41) is 23.3. The first-order valence-electron chi connectivity index (χ1n) is 9.37. The van der Waals surface area contributed by atoms with Crippen LogP contribution in [0.4, 0.5) is 0 Å². The van der Waals surface area contributed by atoms with Gasteiger partial charge in [0.15, 0.2) is 0 Å². The van der Waals surface area contributed by atoms with Gasteiger partial charge in [-0.25, -0.2) is 9.59 Å². The molecule has 0 aromatic carbocycles. The first-order chi connectivity index (χ1) is 13.5. The van der Waals surface area contributed by atoms with Gasteiger partial charge in [0.05, 0.1) is 0 Å². The normalized spacial score (nSPS) is 18.0. The highest BCUT2D eigenvalue weighted by Gasteiger charge is 2.39. The van der Waals surface area contributed by atoms with Crippen LogP contribution >= 0.6 is 33.3 Å². The number of hydrogen-bond acceptors (Lipinski definition) is 7. The zero-order chi connectivity index (χ0) is 22.0. The second-order valence-electron chi connectivity index (χ2n) is 7.49. The summed E-state index contributed by atoms with van der Waals surface area (Å²) in [6.07, 6.45) is 3.44. The number of carboxylic acids is 2. The van der Waals surface area contributed by atoms with Crippen LogP contribution in [-0.2, 0) is 19.2 Å². The Hall–Kier alpha value is -1.07. The Morgan fingerprint density at radius 1 is 0.862 bits per heavy atom. The summed E-state index contributed by atoms with van der Waals surface area (Å²) >= 11 is 1.52. The van der Waals surface area contributed by atoms with Gasteiger partial charge in [-0.3, -0.25) is 9.59 Å². The molecule has 4 N–H and O–H groups in total. The fourth-order valence-electron chi connectivity index (χ4n) is 3.01. The van der Waals surface area contributed by atoms with E-state index >= 15 is 0 Å². The molecule has 29 heavy (non-hydrogen) atoms. The molecule has 0 aromatic heterocycles. The van der Waals surface area contributed by atoms with Gasteiger partial charge in [0.1, 0.15) is 12.1 Å². The van der Waals surface area contributed by atoms with E-state index in [4.69, 9.17) is 5.11 Å². The monoisotopic (exact) mass is 466 g/mol. The maximum absolute atomic E-state index is 11.3. The zero-order valence-corrected chi connectivity index (χ0v) is 19.4. The number of carbonyl (C=O) groups excluding carboxylic acids is 2. The minimum absolute atomic E-state index is 0.205. The Kier molecular flexibility index (Phi) is 11.3. The number of hydrogen-bond donors (Lipinski definition) is 4. The van der Waals surface area contributed by atoms with Crippen LogP contribution in [0.5, 0.6) is 0 Å². The molecule has 1 saturated carbocycles. The van der Waals surface area contributed by atoms with Crippen molar-refractivity contribution in [1.29, 1.82) is 0 Å². The van der Waals surface area contributed by atoms with Crippen molar-refractivity contribution in [2.45, 2.75) is 52.1 Å². The van der Waals surface area contributed by atoms with Gasteiger partial charge in [-0.1, -0.05) is 34.9 Å². The molecule has 1 rings (SSSR count). The molecule has 3 atom stereocenters. The van der Waals surface area contributed by atoms with Crippen molar-refractivity contribution in [2.75, 3.05) is 23.0 Å². The second-order valence-corrected chi connectivity index (χ2v) is 11.1. The first-order valence-corrected chi connectivity index (χ1v) is 13.0. The Morgan fingerprint density at radius 3 is 1.76 bits per heavy atom. The number of nitrogens with one attached hydrogen (secondary N) is 2. The van der Waals surface area contributed by atoms with E-state index in [2.05, 4.69) is 17.6 Å². The number of carbonyl (C=O) groups is 4. The molecule has 0 spiro atoms. The summed E-state index contributed by atoms with van der Waals surface area (Å²) in [6.45, 7) is 4.84. The summed E-state index contributed by atoms with van der Waals surface area (Å²) in [4.78, 5) is 44.7. The third-order valence-corrected chi connectivity index (χ3v) is 8.72. The molecule has 0 aromatic rings. The van der Waals surface area contributed by atoms with Gasteiger partial charge in [-0.2, -0.15) is 11.8 Å². The zero-order valence-electron chi connectivity index (χ0n) is 16.9. The van der Waals surface area contributed by atoms with E-state index in [1.54, 1.807) is 10.8 Å². The van der Waals surface area contributed by atoms with E-state index in [1.807, 2.05) is 0 Å². The van der Waals surface area contributed by atoms with Crippen LogP contribution in [0.15, 0.2) is 0 Å². The molecule has 0 heterocycles. The highest BCUT2D eigenvalue weighted by molar-refractivity contribution is 8.76. The largest absolute Gasteiger partial charge is 0.480 e. The molecular weight excluding hydrogens is 436 g/mol. The Bertz CT molecular complexity index is 600. The van der Waals surface area contributed by atoms with Crippen LogP contribution in [0.2, 0.25) is 0 Å². The maximum Gasteiger partial charge on any atom is 0.327 e. The highest BCUT2D eigenvalue weighted by Crippen LogP contribution is 2.49. The lowest BCUT2D eigenvalue weighted by Crippen LogP contribution is -2.42. The lowest BCUT2D eigenvalue weighted by atomic mass is 9.63. The van der Waals surface area contributed by atoms with Gasteiger partial charge in [-0.15, -0.1) is 0 Å². The van der Waals surface area contributed by atoms with Gasteiger partial charge >= 0.3 is 11.9 Å². The standard InChI is InChI=1S/C18H30N2O6S3/c1-11(21)19-14(16(23)24)9-27-7-13(18(3)5-4-6-18)8-28-29-10-15(17(25)26)20-12(2)22/h13-15H,4-10H2,1-3H3,(H,19,21)(H,20,22)(H,23,24)(H,25,26). The molecular formula is C18H30N2O6S3. The van der Waals surface area contributed by atoms with Crippen molar-refractivity contribution in [1.82, 2.24) is 10.6 Å². The summed E-state index contributed by atoms with van der Waals surface area (Å²) in [6, 6.07) is -1.81. The summed E-state index contributed by atoms with van der Waals surface area (Å²) in [5.41, 5.74) is 0.205. The molecule has 1 fully saturated rings. The van der Waals surface area contributed by atoms with Gasteiger partial charge in [0.25, 0.3) is 0 Å². The van der Waals surface area contributed by atoms with E-state index in [-0.39, 0.29) is 23.0 Å². The van der Waals surface area contributed by atoms with E-state index in [9.17, 15) is 24.3 Å². The van der Waals surface area contributed by atoms with Crippen LogP contribution in [0, 0.1) is 11.3 Å². The fourth-order valence-corrected chi connectivity index (χ4v) is 7.28. The molecule has 11 heteroatoms. The van der Waals surface area contributed by atoms with Crippen molar-refractivity contribution in [3.05, 3.63) is 0 Å². The number of rotatable bonds is 14. The smallest absolute Gasteiger partial charge is 0.327 e. The van der Waals surface area contributed by atoms with E-state index in [1.165, 1.54) is 42.8 Å². The Balaban J connectivity index is 2.50. The Morgan fingerprint density at radius 2 is 1.34 bits per heavy atom. The van der Waals surface area contributed by atoms with Gasteiger partial charge < -0.3 is 20.8 Å². The van der Waals surface area contributed by atoms with Crippen molar-refractivity contribution in [3.63, 3.8) is 0 Å². The molecule has 166 valence electrons. The quantitative estimate of drug-likeness (QED) is 0.224. The first kappa shape index (κ1) is 26.0. The molecule has 1 aliphatic rings. The summed E-state index contributed by atoms with van der Waals surface area (Å²) < 4.78 is 0. The third kappa shape index (κ3) is 9.52. The molecule has 8 nitrogen and oxygen atoms in total. The van der Waals surface area contributed by atoms with E-state index < -0.39 is 24.0 Å². The molecule has 0 saturated heterocycles. The second kappa shape index (κ2) is 12.6. The maximum atomic E-state index is 11.3. The molecule has 1 aliphatic carbocycles.